The van der Waals surface area contributed by atoms with Crippen molar-refractivity contribution in [3.63, 3.8) is 0 Å². The lowest BCUT2D eigenvalue weighted by Gasteiger charge is -2.05. The Morgan fingerprint density at radius 1 is 1.56 bits per heavy atom. The topological polar surface area (TPSA) is 75.1 Å². The summed E-state index contributed by atoms with van der Waals surface area (Å²) >= 11 is 1.64. The van der Waals surface area contributed by atoms with Crippen LogP contribution in [0.5, 0.6) is 0 Å². The first-order chi connectivity index (χ1) is 8.65. The molecule has 2 rings (SSSR count). The Balaban J connectivity index is 1.90. The number of nitrogens with zero attached hydrogens (tertiary/aromatic N) is 2. The zero-order chi connectivity index (χ0) is 13.0. The number of pyridine rings is 1. The molecular formula is C12H13N3O2S. The Hall–Kier alpha value is -1.95. The fourth-order valence-electron chi connectivity index (χ4n) is 1.49. The monoisotopic (exact) mass is 263 g/mol. The molecule has 2 aromatic rings. The smallest absolute Gasteiger partial charge is 0.354 e. The summed E-state index contributed by atoms with van der Waals surface area (Å²) in [5.41, 5.74) is 1.84. The molecule has 0 fully saturated rings. The molecule has 0 bridgehead atoms. The highest BCUT2D eigenvalue weighted by Crippen LogP contribution is 2.11. The second kappa shape index (κ2) is 5.59. The fourth-order valence-corrected chi connectivity index (χ4v) is 2.26. The van der Waals surface area contributed by atoms with Gasteiger partial charge < -0.3 is 10.4 Å². The standard InChI is InChI=1S/C12H13N3O2S/c1-8-7-18-11(15-8)3-5-13-9-2-4-14-10(6-9)12(16)17/h2,4,6-7H,3,5H2,1H3,(H,13,14)(H,16,17). The number of carboxylic acid groups (broad SMARTS) is 1. The summed E-state index contributed by atoms with van der Waals surface area (Å²) in [4.78, 5) is 18.9. The first-order valence-corrected chi connectivity index (χ1v) is 6.37. The normalized spacial score (nSPS) is 10.3. The van der Waals surface area contributed by atoms with Crippen molar-refractivity contribution >= 4 is 23.0 Å². The highest BCUT2D eigenvalue weighted by Gasteiger charge is 2.04. The number of anilines is 1. The molecule has 0 saturated heterocycles. The highest BCUT2D eigenvalue weighted by molar-refractivity contribution is 7.09. The van der Waals surface area contributed by atoms with Gasteiger partial charge in [-0.25, -0.2) is 14.8 Å². The first kappa shape index (κ1) is 12.5. The second-order valence-electron chi connectivity index (χ2n) is 3.79. The molecule has 2 aromatic heterocycles. The molecule has 6 heteroatoms. The van der Waals surface area contributed by atoms with Crippen molar-refractivity contribution < 1.29 is 9.90 Å². The number of carboxylic acids is 1. The van der Waals surface area contributed by atoms with Crippen LogP contribution in [0.2, 0.25) is 0 Å². The average molecular weight is 263 g/mol. The van der Waals surface area contributed by atoms with E-state index in [-0.39, 0.29) is 5.69 Å². The summed E-state index contributed by atoms with van der Waals surface area (Å²) < 4.78 is 0. The summed E-state index contributed by atoms with van der Waals surface area (Å²) in [7, 11) is 0. The zero-order valence-electron chi connectivity index (χ0n) is 9.88. The van der Waals surface area contributed by atoms with E-state index in [4.69, 9.17) is 5.11 Å². The molecule has 0 aliphatic heterocycles. The van der Waals surface area contributed by atoms with E-state index in [1.54, 1.807) is 17.4 Å². The maximum Gasteiger partial charge on any atom is 0.354 e. The minimum Gasteiger partial charge on any atom is -0.477 e. The Morgan fingerprint density at radius 3 is 3.06 bits per heavy atom. The number of aryl methyl sites for hydroxylation is 1. The number of hydrogen-bond donors (Lipinski definition) is 2. The predicted octanol–water partition coefficient (Wildman–Crippen LogP) is 2.20. The van der Waals surface area contributed by atoms with Crippen molar-refractivity contribution in [1.82, 2.24) is 9.97 Å². The summed E-state index contributed by atoms with van der Waals surface area (Å²) in [5, 5.41) is 15.1. The Labute approximate surface area is 109 Å². The van der Waals surface area contributed by atoms with E-state index in [1.807, 2.05) is 12.3 Å². The SMILES string of the molecule is Cc1csc(CCNc2ccnc(C(=O)O)c2)n1. The first-order valence-electron chi connectivity index (χ1n) is 5.49. The van der Waals surface area contributed by atoms with E-state index >= 15 is 0 Å². The number of carbonyl (C=O) groups is 1. The Kier molecular flexibility index (Phi) is 3.88. The number of hydrogen-bond acceptors (Lipinski definition) is 5. The zero-order valence-corrected chi connectivity index (χ0v) is 10.7. The molecule has 0 aliphatic carbocycles. The predicted molar refractivity (Wildman–Crippen MR) is 70.2 cm³/mol. The van der Waals surface area contributed by atoms with Crippen LogP contribution < -0.4 is 5.32 Å². The summed E-state index contributed by atoms with van der Waals surface area (Å²) in [6, 6.07) is 3.27. The van der Waals surface area contributed by atoms with E-state index in [2.05, 4.69) is 15.3 Å². The van der Waals surface area contributed by atoms with Crippen molar-refractivity contribution in [3.05, 3.63) is 40.1 Å². The molecule has 0 aromatic carbocycles. The molecule has 18 heavy (non-hydrogen) atoms. The van der Waals surface area contributed by atoms with Gasteiger partial charge in [0.1, 0.15) is 5.69 Å². The second-order valence-corrected chi connectivity index (χ2v) is 4.74. The third-order valence-electron chi connectivity index (χ3n) is 2.31. The lowest BCUT2D eigenvalue weighted by atomic mass is 10.3. The van der Waals surface area contributed by atoms with Gasteiger partial charge in [0, 0.05) is 35.9 Å². The van der Waals surface area contributed by atoms with E-state index in [9.17, 15) is 4.79 Å². The molecule has 0 unspecified atom stereocenters. The van der Waals surface area contributed by atoms with Crippen LogP contribution in [0.25, 0.3) is 0 Å². The van der Waals surface area contributed by atoms with Crippen LogP contribution in [0, 0.1) is 6.92 Å². The van der Waals surface area contributed by atoms with Crippen molar-refractivity contribution in [3.8, 4) is 0 Å². The molecule has 0 spiro atoms. The summed E-state index contributed by atoms with van der Waals surface area (Å²) in [6.07, 6.45) is 2.31. The number of aromatic nitrogens is 2. The highest BCUT2D eigenvalue weighted by atomic mass is 32.1. The van der Waals surface area contributed by atoms with Crippen molar-refractivity contribution in [1.29, 1.82) is 0 Å². The van der Waals surface area contributed by atoms with Gasteiger partial charge in [0.05, 0.1) is 5.01 Å². The third-order valence-corrected chi connectivity index (χ3v) is 3.34. The molecule has 0 amide bonds. The minimum absolute atomic E-state index is 0.0464. The van der Waals surface area contributed by atoms with Crippen LogP contribution in [-0.4, -0.2) is 27.6 Å². The lowest BCUT2D eigenvalue weighted by Crippen LogP contribution is -2.07. The van der Waals surface area contributed by atoms with Crippen LogP contribution in [0.4, 0.5) is 5.69 Å². The number of aromatic carboxylic acids is 1. The lowest BCUT2D eigenvalue weighted by molar-refractivity contribution is 0.0690. The van der Waals surface area contributed by atoms with E-state index in [0.29, 0.717) is 0 Å². The van der Waals surface area contributed by atoms with E-state index in [1.165, 1.54) is 12.3 Å². The van der Waals surface area contributed by atoms with Gasteiger partial charge in [0.25, 0.3) is 0 Å². The third kappa shape index (κ3) is 3.27. The van der Waals surface area contributed by atoms with Gasteiger partial charge in [0.2, 0.25) is 0 Å². The fraction of sp³-hybridized carbons (Fsp3) is 0.250. The molecule has 0 aliphatic rings. The summed E-state index contributed by atoms with van der Waals surface area (Å²) in [5.74, 6) is -1.02. The van der Waals surface area contributed by atoms with E-state index < -0.39 is 5.97 Å². The average Bonchev–Trinajstić information content (AvgIpc) is 2.75. The molecule has 0 saturated carbocycles. The molecule has 5 nitrogen and oxygen atoms in total. The van der Waals surface area contributed by atoms with Gasteiger partial charge in [-0.3, -0.25) is 0 Å². The maximum absolute atomic E-state index is 10.8. The maximum atomic E-state index is 10.8. The Bertz CT molecular complexity index is 554. The largest absolute Gasteiger partial charge is 0.477 e. The van der Waals surface area contributed by atoms with Crippen LogP contribution >= 0.6 is 11.3 Å². The van der Waals surface area contributed by atoms with Crippen molar-refractivity contribution in [2.75, 3.05) is 11.9 Å². The van der Waals surface area contributed by atoms with Gasteiger partial charge in [-0.15, -0.1) is 11.3 Å². The number of thiazole rings is 1. The molecule has 0 atom stereocenters. The molecule has 2 N–H and O–H groups in total. The van der Waals surface area contributed by atoms with E-state index in [0.717, 1.165) is 29.4 Å². The number of rotatable bonds is 5. The van der Waals surface area contributed by atoms with Crippen LogP contribution in [-0.2, 0) is 6.42 Å². The number of nitrogens with one attached hydrogen (secondary N) is 1. The van der Waals surface area contributed by atoms with Crippen molar-refractivity contribution in [2.45, 2.75) is 13.3 Å². The van der Waals surface area contributed by atoms with Crippen LogP contribution in [0.1, 0.15) is 21.2 Å². The van der Waals surface area contributed by atoms with Gasteiger partial charge in [0.15, 0.2) is 0 Å². The Morgan fingerprint density at radius 2 is 2.39 bits per heavy atom. The van der Waals surface area contributed by atoms with Gasteiger partial charge in [-0.2, -0.15) is 0 Å². The molecule has 2 heterocycles. The van der Waals surface area contributed by atoms with Gasteiger partial charge in [-0.1, -0.05) is 0 Å². The van der Waals surface area contributed by atoms with Crippen LogP contribution in [0.3, 0.4) is 0 Å². The molecular weight excluding hydrogens is 250 g/mol. The summed E-state index contributed by atoms with van der Waals surface area (Å²) in [6.45, 7) is 2.69. The molecule has 94 valence electrons. The quantitative estimate of drug-likeness (QED) is 0.865. The van der Waals surface area contributed by atoms with Gasteiger partial charge in [-0.05, 0) is 19.1 Å². The van der Waals surface area contributed by atoms with Crippen molar-refractivity contribution in [2.24, 2.45) is 0 Å². The van der Waals surface area contributed by atoms with Gasteiger partial charge >= 0.3 is 5.97 Å². The van der Waals surface area contributed by atoms with Crippen LogP contribution in [0.15, 0.2) is 23.7 Å². The minimum atomic E-state index is -1.02. The molecule has 0 radical (unpaired) electrons.